The van der Waals surface area contributed by atoms with Gasteiger partial charge < -0.3 is 14.6 Å². The van der Waals surface area contributed by atoms with Crippen LogP contribution in [0.2, 0.25) is 0 Å². The van der Waals surface area contributed by atoms with Gasteiger partial charge in [0.1, 0.15) is 0 Å². The predicted molar refractivity (Wildman–Crippen MR) is 96.2 cm³/mol. The first-order valence-electron chi connectivity index (χ1n) is 8.65. The number of unbranched alkanes of at least 4 members (excludes halogenated alkanes) is 4. The molecule has 0 aliphatic rings. The van der Waals surface area contributed by atoms with E-state index >= 15 is 0 Å². The van der Waals surface area contributed by atoms with Gasteiger partial charge >= 0.3 is 17.9 Å². The van der Waals surface area contributed by atoms with Crippen LogP contribution in [0, 0.1) is 12.3 Å². The fourth-order valence-corrected chi connectivity index (χ4v) is 2.19. The van der Waals surface area contributed by atoms with Crippen LogP contribution in [0.1, 0.15) is 76.5 Å². The first-order valence-corrected chi connectivity index (χ1v) is 8.65. The first-order chi connectivity index (χ1) is 12.5. The van der Waals surface area contributed by atoms with E-state index in [0.717, 1.165) is 25.7 Å². The summed E-state index contributed by atoms with van der Waals surface area (Å²) in [5.74, 6) is -0.183. The molecule has 1 rings (SSSR count). The summed E-state index contributed by atoms with van der Waals surface area (Å²) in [7, 11) is 0. The molecule has 6 heteroatoms. The van der Waals surface area contributed by atoms with Gasteiger partial charge in [-0.15, -0.1) is 12.3 Å². The van der Waals surface area contributed by atoms with Gasteiger partial charge in [-0.1, -0.05) is 26.2 Å². The van der Waals surface area contributed by atoms with E-state index in [1.54, 1.807) is 0 Å². The molecule has 0 bridgehead atoms. The number of carboxylic acids is 1. The van der Waals surface area contributed by atoms with Gasteiger partial charge in [-0.3, -0.25) is 0 Å². The highest BCUT2D eigenvalue weighted by molar-refractivity contribution is 6.00. The number of carbonyl (C=O) groups excluding carboxylic acids is 2. The maximum atomic E-state index is 12.1. The van der Waals surface area contributed by atoms with E-state index in [1.165, 1.54) is 18.2 Å². The van der Waals surface area contributed by atoms with E-state index in [1.807, 2.05) is 0 Å². The Morgan fingerprint density at radius 3 is 1.96 bits per heavy atom. The molecule has 1 aromatic carbocycles. The molecule has 0 aliphatic carbocycles. The van der Waals surface area contributed by atoms with Crippen molar-refractivity contribution in [3.8, 4) is 12.3 Å². The van der Waals surface area contributed by atoms with Crippen molar-refractivity contribution < 1.29 is 29.0 Å². The third-order valence-corrected chi connectivity index (χ3v) is 3.58. The normalized spacial score (nSPS) is 10.0. The standard InChI is InChI=1S/C20H24O6/c1-3-5-7-9-11-26-20(24)17-13-15(18(21)22)12-16(14-17)19(23)25-10-8-6-4-2/h2,12-14H,3,5-11H2,1H3,(H,21,22). The van der Waals surface area contributed by atoms with E-state index in [9.17, 15) is 19.5 Å². The van der Waals surface area contributed by atoms with Gasteiger partial charge in [0.2, 0.25) is 0 Å². The topological polar surface area (TPSA) is 89.9 Å². The molecule has 0 fully saturated rings. The van der Waals surface area contributed by atoms with E-state index in [4.69, 9.17) is 15.9 Å². The number of rotatable bonds is 11. The number of carbonyl (C=O) groups is 3. The molecule has 0 radical (unpaired) electrons. The van der Waals surface area contributed by atoms with Gasteiger partial charge in [0.05, 0.1) is 29.9 Å². The van der Waals surface area contributed by atoms with Crippen LogP contribution in [0.5, 0.6) is 0 Å². The Balaban J connectivity index is 2.80. The molecule has 26 heavy (non-hydrogen) atoms. The SMILES string of the molecule is C#CCCCOC(=O)c1cc(C(=O)O)cc(C(=O)OCCCCCC)c1. The minimum atomic E-state index is -1.25. The lowest BCUT2D eigenvalue weighted by Gasteiger charge is -2.09. The molecule has 0 unspecified atom stereocenters. The van der Waals surface area contributed by atoms with Gasteiger partial charge in [0, 0.05) is 6.42 Å². The maximum absolute atomic E-state index is 12.1. The summed E-state index contributed by atoms with van der Waals surface area (Å²) in [5.41, 5.74) is -0.180. The van der Waals surface area contributed by atoms with Crippen molar-refractivity contribution in [2.45, 2.75) is 45.4 Å². The van der Waals surface area contributed by atoms with Crippen molar-refractivity contribution in [3.05, 3.63) is 34.9 Å². The highest BCUT2D eigenvalue weighted by Crippen LogP contribution is 2.14. The third kappa shape index (κ3) is 7.39. The summed E-state index contributed by atoms with van der Waals surface area (Å²) in [4.78, 5) is 35.5. The second kappa shape index (κ2) is 11.7. The van der Waals surface area contributed by atoms with Crippen LogP contribution in [0.15, 0.2) is 18.2 Å². The summed E-state index contributed by atoms with van der Waals surface area (Å²) < 4.78 is 10.2. The molecular weight excluding hydrogens is 336 g/mol. The fraction of sp³-hybridized carbons (Fsp3) is 0.450. The third-order valence-electron chi connectivity index (χ3n) is 3.58. The molecule has 1 N–H and O–H groups in total. The molecule has 0 atom stereocenters. The van der Waals surface area contributed by atoms with Gasteiger partial charge in [-0.05, 0) is 31.0 Å². The monoisotopic (exact) mass is 360 g/mol. The van der Waals surface area contributed by atoms with E-state index in [2.05, 4.69) is 12.8 Å². The van der Waals surface area contributed by atoms with E-state index in [-0.39, 0.29) is 29.9 Å². The second-order valence-corrected chi connectivity index (χ2v) is 5.74. The van der Waals surface area contributed by atoms with Gasteiger partial charge in [0.15, 0.2) is 0 Å². The number of hydrogen-bond donors (Lipinski definition) is 1. The molecule has 0 spiro atoms. The van der Waals surface area contributed by atoms with Crippen LogP contribution < -0.4 is 0 Å². The molecule has 0 amide bonds. The number of aromatic carboxylic acids is 1. The number of benzene rings is 1. The van der Waals surface area contributed by atoms with Crippen LogP contribution in [0.25, 0.3) is 0 Å². The summed E-state index contributed by atoms with van der Waals surface area (Å²) in [6, 6.07) is 3.64. The zero-order valence-corrected chi connectivity index (χ0v) is 15.0. The summed E-state index contributed by atoms with van der Waals surface area (Å²) >= 11 is 0. The molecular formula is C20H24O6. The number of hydrogen-bond acceptors (Lipinski definition) is 5. The van der Waals surface area contributed by atoms with Crippen molar-refractivity contribution in [1.29, 1.82) is 0 Å². The molecule has 0 saturated carbocycles. The Labute approximate surface area is 153 Å². The largest absolute Gasteiger partial charge is 0.478 e. The molecule has 140 valence electrons. The Kier molecular flexibility index (Phi) is 9.55. The van der Waals surface area contributed by atoms with Crippen LogP contribution in [-0.2, 0) is 9.47 Å². The molecule has 0 saturated heterocycles. The van der Waals surface area contributed by atoms with Crippen molar-refractivity contribution in [2.75, 3.05) is 13.2 Å². The van der Waals surface area contributed by atoms with Crippen LogP contribution in [0.4, 0.5) is 0 Å². The minimum absolute atomic E-state index is 0.0102. The molecule has 0 heterocycles. The smallest absolute Gasteiger partial charge is 0.338 e. The van der Waals surface area contributed by atoms with Crippen LogP contribution in [0.3, 0.4) is 0 Å². The molecule has 6 nitrogen and oxygen atoms in total. The lowest BCUT2D eigenvalue weighted by Crippen LogP contribution is -2.13. The zero-order chi connectivity index (χ0) is 19.4. The molecule has 1 aromatic rings. The molecule has 0 aliphatic heterocycles. The Morgan fingerprint density at radius 2 is 1.46 bits per heavy atom. The van der Waals surface area contributed by atoms with Crippen LogP contribution in [-0.4, -0.2) is 36.2 Å². The van der Waals surface area contributed by atoms with Crippen LogP contribution >= 0.6 is 0 Å². The highest BCUT2D eigenvalue weighted by atomic mass is 16.5. The van der Waals surface area contributed by atoms with Crippen molar-refractivity contribution in [1.82, 2.24) is 0 Å². The predicted octanol–water partition coefficient (Wildman–Crippen LogP) is 3.69. The lowest BCUT2D eigenvalue weighted by atomic mass is 10.1. The maximum Gasteiger partial charge on any atom is 0.338 e. The average Bonchev–Trinajstić information content (AvgIpc) is 2.64. The van der Waals surface area contributed by atoms with Crippen molar-refractivity contribution >= 4 is 17.9 Å². The van der Waals surface area contributed by atoms with Crippen molar-refractivity contribution in [3.63, 3.8) is 0 Å². The number of ether oxygens (including phenoxy) is 2. The zero-order valence-electron chi connectivity index (χ0n) is 15.0. The van der Waals surface area contributed by atoms with E-state index < -0.39 is 17.9 Å². The number of terminal acetylenes is 1. The quantitative estimate of drug-likeness (QED) is 0.368. The Bertz CT molecular complexity index is 671. The second-order valence-electron chi connectivity index (χ2n) is 5.74. The fourth-order valence-electron chi connectivity index (χ4n) is 2.19. The molecule has 0 aromatic heterocycles. The Morgan fingerprint density at radius 1 is 0.923 bits per heavy atom. The van der Waals surface area contributed by atoms with E-state index in [0.29, 0.717) is 12.8 Å². The highest BCUT2D eigenvalue weighted by Gasteiger charge is 2.17. The minimum Gasteiger partial charge on any atom is -0.478 e. The Hall–Kier alpha value is -2.81. The van der Waals surface area contributed by atoms with Crippen molar-refractivity contribution in [2.24, 2.45) is 0 Å². The van der Waals surface area contributed by atoms with Gasteiger partial charge in [-0.25, -0.2) is 14.4 Å². The lowest BCUT2D eigenvalue weighted by molar-refractivity contribution is 0.0497. The summed E-state index contributed by atoms with van der Waals surface area (Å²) in [6.45, 7) is 2.45. The van der Waals surface area contributed by atoms with Gasteiger partial charge in [0.25, 0.3) is 0 Å². The summed E-state index contributed by atoms with van der Waals surface area (Å²) in [6.07, 6.45) is 9.92. The number of carboxylic acid groups (broad SMARTS) is 1. The average molecular weight is 360 g/mol. The first kappa shape index (κ1) is 21.2. The van der Waals surface area contributed by atoms with Gasteiger partial charge in [-0.2, -0.15) is 0 Å². The number of esters is 2. The summed E-state index contributed by atoms with van der Waals surface area (Å²) in [5, 5.41) is 9.19.